The van der Waals surface area contributed by atoms with E-state index in [9.17, 15) is 0 Å². The molecule has 0 aliphatic rings. The number of thiophene rings is 1. The highest BCUT2D eigenvalue weighted by Gasteiger charge is 2.12. The zero-order valence-electron chi connectivity index (χ0n) is 14.1. The maximum absolute atomic E-state index is 5.98. The number of nitrogens with two attached hydrogens (primary N) is 1. The number of nitrogens with zero attached hydrogens (tertiary/aromatic N) is 3. The van der Waals surface area contributed by atoms with Crippen LogP contribution in [0.15, 0.2) is 64.1 Å². The molecule has 0 saturated heterocycles. The summed E-state index contributed by atoms with van der Waals surface area (Å²) in [6.07, 6.45) is 0. The van der Waals surface area contributed by atoms with Crippen molar-refractivity contribution in [3.05, 3.63) is 64.5 Å². The van der Waals surface area contributed by atoms with Crippen LogP contribution in [0.4, 0.5) is 11.5 Å². The van der Waals surface area contributed by atoms with Crippen LogP contribution in [0.25, 0.3) is 21.0 Å². The number of hydrogen-bond acceptors (Lipinski definition) is 6. The number of hydrogen-bond donors (Lipinski definition) is 3. The van der Waals surface area contributed by atoms with Crippen molar-refractivity contribution in [3.8, 4) is 0 Å². The minimum Gasteiger partial charge on any atom is -0.339 e. The van der Waals surface area contributed by atoms with Crippen molar-refractivity contribution in [2.24, 2.45) is 16.0 Å². The van der Waals surface area contributed by atoms with Gasteiger partial charge in [0.05, 0.1) is 10.2 Å². The summed E-state index contributed by atoms with van der Waals surface area (Å²) in [7, 11) is 0. The highest BCUT2D eigenvalue weighted by atomic mass is 35.5. The van der Waals surface area contributed by atoms with Gasteiger partial charge in [-0.3, -0.25) is 0 Å². The summed E-state index contributed by atoms with van der Waals surface area (Å²) in [5, 5.41) is 15.8. The van der Waals surface area contributed by atoms with Crippen molar-refractivity contribution >= 4 is 68.0 Å². The number of fused-ring (bicyclic) bond motifs is 3. The molecule has 0 aliphatic carbocycles. The van der Waals surface area contributed by atoms with Crippen LogP contribution in [0, 0.1) is 0 Å². The van der Waals surface area contributed by atoms with Crippen LogP contribution in [0.2, 0.25) is 5.02 Å². The Bertz CT molecular complexity index is 1170. The smallest absolute Gasteiger partial charge is 0.169 e. The number of anilines is 2. The van der Waals surface area contributed by atoms with E-state index in [-0.39, 0.29) is 0 Å². The lowest BCUT2D eigenvalue weighted by Gasteiger charge is -2.11. The van der Waals surface area contributed by atoms with E-state index in [0.717, 1.165) is 38.1 Å². The van der Waals surface area contributed by atoms with E-state index in [4.69, 9.17) is 22.4 Å². The first-order chi connectivity index (χ1) is 13.2. The molecule has 2 aromatic heterocycles. The minimum atomic E-state index is 0.423. The van der Waals surface area contributed by atoms with Crippen molar-refractivity contribution in [1.82, 2.24) is 10.4 Å². The Labute approximate surface area is 164 Å². The molecule has 27 heavy (non-hydrogen) atoms. The van der Waals surface area contributed by atoms with Crippen LogP contribution in [0.1, 0.15) is 5.56 Å². The average Bonchev–Trinajstić information content (AvgIpc) is 3.18. The summed E-state index contributed by atoms with van der Waals surface area (Å²) in [6.45, 7) is 3.37. The Kier molecular flexibility index (Phi) is 4.72. The topological polar surface area (TPSA) is 87.7 Å². The molecule has 0 spiro atoms. The van der Waals surface area contributed by atoms with E-state index in [1.165, 1.54) is 0 Å². The van der Waals surface area contributed by atoms with Crippen LogP contribution in [-0.2, 0) is 0 Å². The molecular weight excluding hydrogens is 380 g/mol. The van der Waals surface area contributed by atoms with Crippen molar-refractivity contribution in [3.63, 3.8) is 0 Å². The van der Waals surface area contributed by atoms with Gasteiger partial charge >= 0.3 is 0 Å². The lowest BCUT2D eigenvalue weighted by Crippen LogP contribution is -2.30. The van der Waals surface area contributed by atoms with Gasteiger partial charge in [0.1, 0.15) is 5.82 Å². The molecule has 4 aromatic rings. The fourth-order valence-electron chi connectivity index (χ4n) is 2.87. The van der Waals surface area contributed by atoms with E-state index in [1.54, 1.807) is 11.3 Å². The monoisotopic (exact) mass is 394 g/mol. The first-order valence-corrected chi connectivity index (χ1v) is 9.29. The van der Waals surface area contributed by atoms with Gasteiger partial charge in [-0.2, -0.15) is 5.10 Å². The second-order valence-electron chi connectivity index (χ2n) is 5.72. The van der Waals surface area contributed by atoms with Crippen LogP contribution in [0.3, 0.4) is 0 Å². The van der Waals surface area contributed by atoms with Crippen molar-refractivity contribution in [1.29, 1.82) is 0 Å². The zero-order valence-corrected chi connectivity index (χ0v) is 15.7. The van der Waals surface area contributed by atoms with Gasteiger partial charge in [0, 0.05) is 33.8 Å². The van der Waals surface area contributed by atoms with Gasteiger partial charge in [0.2, 0.25) is 0 Å². The number of benzene rings is 2. The zero-order chi connectivity index (χ0) is 18.8. The van der Waals surface area contributed by atoms with Gasteiger partial charge in [-0.05, 0) is 41.8 Å². The first kappa shape index (κ1) is 17.4. The molecule has 0 amide bonds. The molecule has 0 bridgehead atoms. The fraction of sp³-hybridized carbons (Fsp3) is 0. The predicted molar refractivity (Wildman–Crippen MR) is 115 cm³/mol. The maximum atomic E-state index is 5.98. The summed E-state index contributed by atoms with van der Waals surface area (Å²) < 4.78 is 1.09. The van der Waals surface area contributed by atoms with Gasteiger partial charge in [-0.25, -0.2) is 10.8 Å². The molecule has 0 radical (unpaired) electrons. The molecule has 0 fully saturated rings. The highest BCUT2D eigenvalue weighted by molar-refractivity contribution is 7.18. The van der Waals surface area contributed by atoms with E-state index >= 15 is 0 Å². The standard InChI is InChI=1S/C19H15ClN6S/c1-22-26-18(25-21)11-2-7-14-15-8-9-27-17(15)19(24-16(14)10-11)23-13-5-3-12(20)4-6-13/h2-10H,1,21H2,(H,23,24)(H,25,26). The molecule has 6 nitrogen and oxygen atoms in total. The summed E-state index contributed by atoms with van der Waals surface area (Å²) in [4.78, 5) is 4.83. The molecule has 2 heterocycles. The number of hydrazine groups is 1. The number of aromatic nitrogens is 1. The van der Waals surface area contributed by atoms with Gasteiger partial charge in [-0.1, -0.05) is 23.7 Å². The lowest BCUT2D eigenvalue weighted by molar-refractivity contribution is 1.01. The minimum absolute atomic E-state index is 0.423. The summed E-state index contributed by atoms with van der Waals surface area (Å²) >= 11 is 7.62. The van der Waals surface area contributed by atoms with E-state index in [1.807, 2.05) is 42.5 Å². The maximum Gasteiger partial charge on any atom is 0.169 e. The van der Waals surface area contributed by atoms with Crippen LogP contribution in [0.5, 0.6) is 0 Å². The molecule has 4 N–H and O–H groups in total. The lowest BCUT2D eigenvalue weighted by atomic mass is 10.1. The molecule has 0 unspecified atom stereocenters. The fourth-order valence-corrected chi connectivity index (χ4v) is 3.85. The molecule has 2 aromatic carbocycles. The third kappa shape index (κ3) is 3.35. The molecule has 4 rings (SSSR count). The number of halogens is 1. The predicted octanol–water partition coefficient (Wildman–Crippen LogP) is 4.67. The number of rotatable bonds is 4. The van der Waals surface area contributed by atoms with E-state index in [0.29, 0.717) is 10.9 Å². The number of amidine groups is 1. The van der Waals surface area contributed by atoms with Crippen LogP contribution >= 0.6 is 22.9 Å². The van der Waals surface area contributed by atoms with E-state index < -0.39 is 0 Å². The largest absolute Gasteiger partial charge is 0.339 e. The number of pyridine rings is 1. The van der Waals surface area contributed by atoms with Gasteiger partial charge < -0.3 is 10.7 Å². The van der Waals surface area contributed by atoms with Crippen LogP contribution < -0.4 is 16.6 Å². The first-order valence-electron chi connectivity index (χ1n) is 8.04. The Morgan fingerprint density at radius 2 is 1.93 bits per heavy atom. The van der Waals surface area contributed by atoms with Crippen molar-refractivity contribution < 1.29 is 0 Å². The molecule has 0 aliphatic heterocycles. The van der Waals surface area contributed by atoms with Crippen molar-refractivity contribution in [2.45, 2.75) is 0 Å². The number of nitrogens with one attached hydrogen (secondary N) is 2. The van der Waals surface area contributed by atoms with Gasteiger partial charge in [0.15, 0.2) is 5.84 Å². The van der Waals surface area contributed by atoms with Crippen molar-refractivity contribution in [2.75, 3.05) is 5.32 Å². The molecule has 134 valence electrons. The third-order valence-corrected chi connectivity index (χ3v) is 5.26. The van der Waals surface area contributed by atoms with Gasteiger partial charge in [-0.15, -0.1) is 16.4 Å². The molecule has 0 atom stereocenters. The molecular formula is C19H15ClN6S. The Morgan fingerprint density at radius 3 is 2.67 bits per heavy atom. The second kappa shape index (κ2) is 7.32. The molecule has 0 saturated carbocycles. The third-order valence-electron chi connectivity index (χ3n) is 4.09. The second-order valence-corrected chi connectivity index (χ2v) is 7.07. The quantitative estimate of drug-likeness (QED) is 0.203. The highest BCUT2D eigenvalue weighted by Crippen LogP contribution is 2.35. The Morgan fingerprint density at radius 1 is 1.11 bits per heavy atom. The summed E-state index contributed by atoms with van der Waals surface area (Å²) in [5.41, 5.74) is 5.05. The SMILES string of the molecule is C=N/N=C(\NN)c1ccc2c(c1)nc(Nc1ccc(Cl)cc1)c1sccc12. The molecule has 8 heteroatoms. The summed E-state index contributed by atoms with van der Waals surface area (Å²) in [5.74, 6) is 6.75. The van der Waals surface area contributed by atoms with Crippen LogP contribution in [-0.4, -0.2) is 17.5 Å². The Balaban J connectivity index is 1.87. The summed E-state index contributed by atoms with van der Waals surface area (Å²) in [6, 6.07) is 15.5. The van der Waals surface area contributed by atoms with E-state index in [2.05, 4.69) is 39.1 Å². The normalized spacial score (nSPS) is 11.7. The van der Waals surface area contributed by atoms with Gasteiger partial charge in [0.25, 0.3) is 0 Å². The Hall–Kier alpha value is -3.00. The average molecular weight is 395 g/mol.